The Balaban J connectivity index is 2.02. The quantitative estimate of drug-likeness (QED) is 0.716. The average Bonchev–Trinajstić information content (AvgIpc) is 2.46. The van der Waals surface area contributed by atoms with Gasteiger partial charge in [0.05, 0.1) is 0 Å². The Morgan fingerprint density at radius 1 is 1.10 bits per heavy atom. The predicted molar refractivity (Wildman–Crippen MR) is 77.2 cm³/mol. The van der Waals surface area contributed by atoms with Crippen LogP contribution in [0.25, 0.3) is 0 Å². The van der Waals surface area contributed by atoms with E-state index in [1.165, 1.54) is 0 Å². The standard InChI is InChI=1S/C15H22N2O3/c1-2-7-14(18)16-10-6-11-17-15(19)20-12-13-8-4-3-5-9-13/h3-5,8-9H,2,6-7,10-12H2,1H3,(H,16,18)(H,17,19). The van der Waals surface area contributed by atoms with Crippen molar-refractivity contribution in [2.24, 2.45) is 0 Å². The highest BCUT2D eigenvalue weighted by Gasteiger charge is 2.02. The zero-order valence-corrected chi connectivity index (χ0v) is 11.9. The second-order valence-corrected chi connectivity index (χ2v) is 4.44. The minimum atomic E-state index is -0.436. The summed E-state index contributed by atoms with van der Waals surface area (Å²) >= 11 is 0. The minimum Gasteiger partial charge on any atom is -0.445 e. The van der Waals surface area contributed by atoms with E-state index in [0.29, 0.717) is 25.9 Å². The largest absolute Gasteiger partial charge is 0.445 e. The zero-order chi connectivity index (χ0) is 14.6. The van der Waals surface area contributed by atoms with Gasteiger partial charge in [-0.2, -0.15) is 0 Å². The topological polar surface area (TPSA) is 67.4 Å². The molecular weight excluding hydrogens is 256 g/mol. The number of carbonyl (C=O) groups excluding carboxylic acids is 2. The molecule has 5 heteroatoms. The molecule has 0 bridgehead atoms. The molecule has 0 atom stereocenters. The fraction of sp³-hybridized carbons (Fsp3) is 0.467. The molecule has 1 aromatic carbocycles. The van der Waals surface area contributed by atoms with E-state index in [-0.39, 0.29) is 12.5 Å². The molecule has 110 valence electrons. The number of benzene rings is 1. The van der Waals surface area contributed by atoms with Gasteiger partial charge in [0.25, 0.3) is 0 Å². The molecule has 1 aromatic rings. The summed E-state index contributed by atoms with van der Waals surface area (Å²) < 4.78 is 5.06. The highest BCUT2D eigenvalue weighted by molar-refractivity contribution is 5.75. The first-order valence-electron chi connectivity index (χ1n) is 6.93. The molecule has 2 N–H and O–H groups in total. The third-order valence-corrected chi connectivity index (χ3v) is 2.63. The van der Waals surface area contributed by atoms with Crippen LogP contribution >= 0.6 is 0 Å². The maximum absolute atomic E-state index is 11.4. The van der Waals surface area contributed by atoms with Crippen molar-refractivity contribution in [3.05, 3.63) is 35.9 Å². The van der Waals surface area contributed by atoms with Crippen molar-refractivity contribution < 1.29 is 14.3 Å². The maximum Gasteiger partial charge on any atom is 0.407 e. The minimum absolute atomic E-state index is 0.0548. The lowest BCUT2D eigenvalue weighted by atomic mass is 10.2. The van der Waals surface area contributed by atoms with Gasteiger partial charge in [-0.3, -0.25) is 4.79 Å². The lowest BCUT2D eigenvalue weighted by Crippen LogP contribution is -2.30. The monoisotopic (exact) mass is 278 g/mol. The second kappa shape index (κ2) is 9.83. The number of nitrogens with one attached hydrogen (secondary N) is 2. The van der Waals surface area contributed by atoms with E-state index in [1.807, 2.05) is 37.3 Å². The summed E-state index contributed by atoms with van der Waals surface area (Å²) in [6.45, 7) is 3.28. The summed E-state index contributed by atoms with van der Waals surface area (Å²) in [4.78, 5) is 22.6. The fourth-order valence-electron chi connectivity index (χ4n) is 1.60. The molecule has 2 amide bonds. The molecule has 20 heavy (non-hydrogen) atoms. The van der Waals surface area contributed by atoms with Crippen LogP contribution < -0.4 is 10.6 Å². The van der Waals surface area contributed by atoms with Gasteiger partial charge in [-0.1, -0.05) is 37.3 Å². The van der Waals surface area contributed by atoms with Crippen LogP contribution in [0, 0.1) is 0 Å². The number of hydrogen-bond acceptors (Lipinski definition) is 3. The van der Waals surface area contributed by atoms with Gasteiger partial charge in [0.1, 0.15) is 6.61 Å². The van der Waals surface area contributed by atoms with Crippen molar-refractivity contribution in [3.63, 3.8) is 0 Å². The lowest BCUT2D eigenvalue weighted by molar-refractivity contribution is -0.121. The first-order chi connectivity index (χ1) is 9.72. The van der Waals surface area contributed by atoms with Gasteiger partial charge < -0.3 is 15.4 Å². The highest BCUT2D eigenvalue weighted by Crippen LogP contribution is 2.00. The van der Waals surface area contributed by atoms with E-state index in [9.17, 15) is 9.59 Å². The third-order valence-electron chi connectivity index (χ3n) is 2.63. The average molecular weight is 278 g/mol. The Bertz CT molecular complexity index is 407. The van der Waals surface area contributed by atoms with Gasteiger partial charge in [-0.25, -0.2) is 4.79 Å². The van der Waals surface area contributed by atoms with Crippen molar-refractivity contribution in [1.29, 1.82) is 0 Å². The van der Waals surface area contributed by atoms with Crippen LogP contribution in [0.4, 0.5) is 4.79 Å². The molecule has 0 aliphatic carbocycles. The van der Waals surface area contributed by atoms with Crippen LogP contribution in [0.1, 0.15) is 31.7 Å². The molecule has 0 heterocycles. The first kappa shape index (κ1) is 16.0. The number of alkyl carbamates (subject to hydrolysis) is 1. The van der Waals surface area contributed by atoms with Gasteiger partial charge in [0.15, 0.2) is 0 Å². The maximum atomic E-state index is 11.4. The van der Waals surface area contributed by atoms with Crippen LogP contribution in [0.3, 0.4) is 0 Å². The predicted octanol–water partition coefficient (Wildman–Crippen LogP) is 2.22. The summed E-state index contributed by atoms with van der Waals surface area (Å²) in [5.74, 6) is 0.0548. The van der Waals surface area contributed by atoms with E-state index in [2.05, 4.69) is 10.6 Å². The Kier molecular flexibility index (Phi) is 7.87. The number of rotatable bonds is 8. The molecule has 1 rings (SSSR count). The third kappa shape index (κ3) is 7.41. The van der Waals surface area contributed by atoms with Crippen molar-refractivity contribution >= 4 is 12.0 Å². The van der Waals surface area contributed by atoms with Crippen LogP contribution in [0.5, 0.6) is 0 Å². The van der Waals surface area contributed by atoms with Crippen LogP contribution in [-0.4, -0.2) is 25.1 Å². The molecule has 0 aliphatic heterocycles. The highest BCUT2D eigenvalue weighted by atomic mass is 16.5. The van der Waals surface area contributed by atoms with Crippen molar-refractivity contribution in [3.8, 4) is 0 Å². The number of hydrogen-bond donors (Lipinski definition) is 2. The Morgan fingerprint density at radius 2 is 1.80 bits per heavy atom. The lowest BCUT2D eigenvalue weighted by Gasteiger charge is -2.07. The molecule has 0 saturated carbocycles. The summed E-state index contributed by atoms with van der Waals surface area (Å²) in [6.07, 6.45) is 1.65. The van der Waals surface area contributed by atoms with E-state index in [4.69, 9.17) is 4.74 Å². The van der Waals surface area contributed by atoms with E-state index in [0.717, 1.165) is 12.0 Å². The molecule has 0 aliphatic rings. The molecule has 0 saturated heterocycles. The van der Waals surface area contributed by atoms with Gasteiger partial charge in [-0.15, -0.1) is 0 Å². The van der Waals surface area contributed by atoms with E-state index < -0.39 is 6.09 Å². The number of carbonyl (C=O) groups is 2. The normalized spacial score (nSPS) is 9.85. The van der Waals surface area contributed by atoms with Gasteiger partial charge >= 0.3 is 6.09 Å². The second-order valence-electron chi connectivity index (χ2n) is 4.44. The Morgan fingerprint density at radius 3 is 2.50 bits per heavy atom. The van der Waals surface area contributed by atoms with Crippen LogP contribution in [0.15, 0.2) is 30.3 Å². The fourth-order valence-corrected chi connectivity index (χ4v) is 1.60. The molecule has 0 aromatic heterocycles. The van der Waals surface area contributed by atoms with Gasteiger partial charge in [0, 0.05) is 19.5 Å². The van der Waals surface area contributed by atoms with Gasteiger partial charge in [0.2, 0.25) is 5.91 Å². The smallest absolute Gasteiger partial charge is 0.407 e. The van der Waals surface area contributed by atoms with Crippen molar-refractivity contribution in [2.75, 3.05) is 13.1 Å². The molecule has 5 nitrogen and oxygen atoms in total. The zero-order valence-electron chi connectivity index (χ0n) is 11.9. The number of amides is 2. The molecular formula is C15H22N2O3. The number of ether oxygens (including phenoxy) is 1. The van der Waals surface area contributed by atoms with Crippen molar-refractivity contribution in [2.45, 2.75) is 32.8 Å². The van der Waals surface area contributed by atoms with Crippen LogP contribution in [0.2, 0.25) is 0 Å². The molecule has 0 fully saturated rings. The van der Waals surface area contributed by atoms with E-state index in [1.54, 1.807) is 0 Å². The Labute approximate surface area is 119 Å². The van der Waals surface area contributed by atoms with Crippen molar-refractivity contribution in [1.82, 2.24) is 10.6 Å². The molecule has 0 spiro atoms. The van der Waals surface area contributed by atoms with E-state index >= 15 is 0 Å². The Hall–Kier alpha value is -2.04. The first-order valence-corrected chi connectivity index (χ1v) is 6.93. The summed E-state index contributed by atoms with van der Waals surface area (Å²) in [7, 11) is 0. The summed E-state index contributed by atoms with van der Waals surface area (Å²) in [6, 6.07) is 9.51. The summed E-state index contributed by atoms with van der Waals surface area (Å²) in [5.41, 5.74) is 0.953. The molecule has 0 radical (unpaired) electrons. The van der Waals surface area contributed by atoms with Gasteiger partial charge in [-0.05, 0) is 18.4 Å². The van der Waals surface area contributed by atoms with Crippen LogP contribution in [-0.2, 0) is 16.1 Å². The SMILES string of the molecule is CCCC(=O)NCCCNC(=O)OCc1ccccc1. The summed E-state index contributed by atoms with van der Waals surface area (Å²) in [5, 5.41) is 5.43. The molecule has 0 unspecified atom stereocenters.